The zero-order chi connectivity index (χ0) is 18.5. The van der Waals surface area contributed by atoms with E-state index in [-0.39, 0.29) is 30.6 Å². The number of carbonyl (C=O) groups is 3. The van der Waals surface area contributed by atoms with Crippen LogP contribution in [0.15, 0.2) is 0 Å². The topological polar surface area (TPSA) is 79.8 Å². The number of aromatic nitrogens is 1. The van der Waals surface area contributed by atoms with Crippen LogP contribution in [0.2, 0.25) is 0 Å². The van der Waals surface area contributed by atoms with E-state index in [2.05, 4.69) is 9.72 Å². The molecule has 1 saturated heterocycles. The number of piperidine rings is 1. The number of likely N-dealkylation sites (tertiary alicyclic amines) is 1. The molecule has 7 nitrogen and oxygen atoms in total. The van der Waals surface area contributed by atoms with Crippen molar-refractivity contribution in [3.8, 4) is 0 Å². The molecule has 2 amide bonds. The van der Waals surface area contributed by atoms with Gasteiger partial charge < -0.3 is 14.5 Å². The zero-order valence-electron chi connectivity index (χ0n) is 15.2. The van der Waals surface area contributed by atoms with Crippen LogP contribution in [-0.4, -0.2) is 65.9 Å². The summed E-state index contributed by atoms with van der Waals surface area (Å²) in [7, 11) is 1.32. The number of amides is 2. The molecule has 0 atom stereocenters. The van der Waals surface area contributed by atoms with Gasteiger partial charge in [0.15, 0.2) is 5.01 Å². The van der Waals surface area contributed by atoms with E-state index in [4.69, 9.17) is 0 Å². The fourth-order valence-corrected chi connectivity index (χ4v) is 4.47. The fraction of sp³-hybridized carbons (Fsp3) is 0.667. The zero-order valence-corrected chi connectivity index (χ0v) is 16.0. The average molecular weight is 379 g/mol. The van der Waals surface area contributed by atoms with Crippen molar-refractivity contribution >= 4 is 29.1 Å². The number of carbonyl (C=O) groups excluding carboxylic acids is 3. The van der Waals surface area contributed by atoms with Gasteiger partial charge in [-0.05, 0) is 19.3 Å². The maximum atomic E-state index is 12.6. The van der Waals surface area contributed by atoms with E-state index < -0.39 is 0 Å². The first-order chi connectivity index (χ1) is 12.6. The lowest BCUT2D eigenvalue weighted by Gasteiger charge is -2.25. The van der Waals surface area contributed by atoms with Gasteiger partial charge in [0.05, 0.1) is 19.2 Å². The van der Waals surface area contributed by atoms with E-state index in [9.17, 15) is 14.4 Å². The standard InChI is InChI=1S/C18H25N3O4S/c1-25-16(23)6-5-15(22)20-11-7-13-14(8-12-20)26-17(19-13)18(24)21-9-3-2-4-10-21/h2-12H2,1H3. The third-order valence-electron chi connectivity index (χ3n) is 4.96. The molecule has 3 rings (SSSR count). The number of fused-ring (bicyclic) bond motifs is 1. The summed E-state index contributed by atoms with van der Waals surface area (Å²) in [6.07, 6.45) is 4.98. The summed E-state index contributed by atoms with van der Waals surface area (Å²) in [5.41, 5.74) is 0.943. The van der Waals surface area contributed by atoms with E-state index >= 15 is 0 Å². The minimum Gasteiger partial charge on any atom is -0.469 e. The summed E-state index contributed by atoms with van der Waals surface area (Å²) >= 11 is 1.47. The van der Waals surface area contributed by atoms with Crippen molar-refractivity contribution in [2.75, 3.05) is 33.3 Å². The highest BCUT2D eigenvalue weighted by Gasteiger charge is 2.26. The molecule has 0 radical (unpaired) electrons. The average Bonchev–Trinajstić information content (AvgIpc) is 2.98. The minimum atomic E-state index is -0.366. The molecule has 2 aliphatic heterocycles. The molecular weight excluding hydrogens is 354 g/mol. The number of nitrogens with zero attached hydrogens (tertiary/aromatic N) is 3. The molecule has 1 aromatic rings. The number of rotatable bonds is 4. The highest BCUT2D eigenvalue weighted by molar-refractivity contribution is 7.13. The lowest BCUT2D eigenvalue weighted by Crippen LogP contribution is -2.35. The first kappa shape index (κ1) is 18.8. The Morgan fingerprint density at radius 2 is 1.73 bits per heavy atom. The summed E-state index contributed by atoms with van der Waals surface area (Å²) < 4.78 is 4.58. The smallest absolute Gasteiger partial charge is 0.306 e. The molecule has 26 heavy (non-hydrogen) atoms. The van der Waals surface area contributed by atoms with E-state index in [1.54, 1.807) is 4.90 Å². The van der Waals surface area contributed by atoms with Crippen molar-refractivity contribution in [1.29, 1.82) is 0 Å². The Labute approximate surface area is 157 Å². The molecule has 0 bridgehead atoms. The molecule has 0 saturated carbocycles. The van der Waals surface area contributed by atoms with Gasteiger partial charge in [-0.1, -0.05) is 0 Å². The first-order valence-electron chi connectivity index (χ1n) is 9.21. The van der Waals surface area contributed by atoms with Crippen LogP contribution in [0.3, 0.4) is 0 Å². The summed E-state index contributed by atoms with van der Waals surface area (Å²) in [4.78, 5) is 45.5. The number of ether oxygens (including phenoxy) is 1. The Balaban J connectivity index is 1.58. The van der Waals surface area contributed by atoms with Crippen LogP contribution in [0.25, 0.3) is 0 Å². The predicted molar refractivity (Wildman–Crippen MR) is 97.1 cm³/mol. The summed E-state index contributed by atoms with van der Waals surface area (Å²) in [5, 5.41) is 0.586. The van der Waals surface area contributed by atoms with E-state index in [1.807, 2.05) is 4.90 Å². The molecule has 8 heteroatoms. The van der Waals surface area contributed by atoms with Crippen LogP contribution < -0.4 is 0 Å². The third-order valence-corrected chi connectivity index (χ3v) is 6.10. The predicted octanol–water partition coefficient (Wildman–Crippen LogP) is 1.65. The van der Waals surface area contributed by atoms with Crippen LogP contribution in [0.5, 0.6) is 0 Å². The van der Waals surface area contributed by atoms with Crippen LogP contribution in [-0.2, 0) is 27.2 Å². The molecule has 0 aliphatic carbocycles. The Morgan fingerprint density at radius 3 is 2.46 bits per heavy atom. The van der Waals surface area contributed by atoms with Gasteiger partial charge in [-0.25, -0.2) is 4.98 Å². The quantitative estimate of drug-likeness (QED) is 0.743. The highest BCUT2D eigenvalue weighted by atomic mass is 32.1. The van der Waals surface area contributed by atoms with Gasteiger partial charge in [0.25, 0.3) is 5.91 Å². The van der Waals surface area contributed by atoms with Crippen LogP contribution >= 0.6 is 11.3 Å². The van der Waals surface area contributed by atoms with Gasteiger partial charge in [-0.2, -0.15) is 0 Å². The maximum absolute atomic E-state index is 12.6. The summed E-state index contributed by atoms with van der Waals surface area (Å²) in [5.74, 6) is -0.348. The molecule has 142 valence electrons. The van der Waals surface area contributed by atoms with Gasteiger partial charge in [-0.15, -0.1) is 11.3 Å². The molecule has 1 fully saturated rings. The van der Waals surface area contributed by atoms with Crippen molar-refractivity contribution in [3.63, 3.8) is 0 Å². The number of esters is 1. The van der Waals surface area contributed by atoms with Gasteiger partial charge in [0.1, 0.15) is 0 Å². The Morgan fingerprint density at radius 1 is 1.00 bits per heavy atom. The molecule has 0 N–H and O–H groups in total. The van der Waals surface area contributed by atoms with Crippen LogP contribution in [0.4, 0.5) is 0 Å². The first-order valence-corrected chi connectivity index (χ1v) is 10.0. The third kappa shape index (κ3) is 4.41. The number of hydrogen-bond donors (Lipinski definition) is 0. The van der Waals surface area contributed by atoms with Crippen molar-refractivity contribution in [2.24, 2.45) is 0 Å². The van der Waals surface area contributed by atoms with Gasteiger partial charge in [0.2, 0.25) is 5.91 Å². The second kappa shape index (κ2) is 8.62. The van der Waals surface area contributed by atoms with Crippen molar-refractivity contribution in [3.05, 3.63) is 15.6 Å². The second-order valence-corrected chi connectivity index (χ2v) is 7.78. The molecule has 0 spiro atoms. The summed E-state index contributed by atoms with van der Waals surface area (Å²) in [6, 6.07) is 0. The fourth-order valence-electron chi connectivity index (χ4n) is 3.41. The monoisotopic (exact) mass is 379 g/mol. The number of methoxy groups -OCH3 is 1. The maximum Gasteiger partial charge on any atom is 0.306 e. The molecule has 2 aliphatic rings. The molecule has 0 unspecified atom stereocenters. The second-order valence-electron chi connectivity index (χ2n) is 6.70. The molecular formula is C18H25N3O4S. The Kier molecular flexibility index (Phi) is 6.24. The van der Waals surface area contributed by atoms with E-state index in [0.717, 1.165) is 36.5 Å². The van der Waals surface area contributed by atoms with E-state index in [1.165, 1.54) is 24.9 Å². The molecule has 0 aromatic carbocycles. The van der Waals surface area contributed by atoms with Crippen molar-refractivity contribution in [2.45, 2.75) is 44.9 Å². The lowest BCUT2D eigenvalue weighted by atomic mass is 10.1. The van der Waals surface area contributed by atoms with E-state index in [0.29, 0.717) is 30.9 Å². The Hall–Kier alpha value is -1.96. The van der Waals surface area contributed by atoms with Gasteiger partial charge in [-0.3, -0.25) is 14.4 Å². The van der Waals surface area contributed by atoms with Crippen LogP contribution in [0, 0.1) is 0 Å². The lowest BCUT2D eigenvalue weighted by molar-refractivity contribution is -0.143. The SMILES string of the molecule is COC(=O)CCC(=O)N1CCc2nc(C(=O)N3CCCCC3)sc2CC1. The summed E-state index contributed by atoms with van der Waals surface area (Å²) in [6.45, 7) is 2.83. The Bertz CT molecular complexity index is 656. The highest BCUT2D eigenvalue weighted by Crippen LogP contribution is 2.25. The molecule has 1 aromatic heterocycles. The number of hydrogen-bond acceptors (Lipinski definition) is 6. The van der Waals surface area contributed by atoms with Crippen molar-refractivity contribution in [1.82, 2.24) is 14.8 Å². The van der Waals surface area contributed by atoms with Crippen molar-refractivity contribution < 1.29 is 19.1 Å². The minimum absolute atomic E-state index is 0.0323. The largest absolute Gasteiger partial charge is 0.469 e. The normalized spacial score (nSPS) is 17.4. The number of thiazole rings is 1. The van der Waals surface area contributed by atoms with Gasteiger partial charge >= 0.3 is 5.97 Å². The van der Waals surface area contributed by atoms with Gasteiger partial charge in [0, 0.05) is 50.3 Å². The molecule has 3 heterocycles. The van der Waals surface area contributed by atoms with Crippen LogP contribution in [0.1, 0.15) is 52.5 Å².